The van der Waals surface area contributed by atoms with E-state index in [0.29, 0.717) is 44.8 Å². The van der Waals surface area contributed by atoms with Gasteiger partial charge in [-0.25, -0.2) is 0 Å². The van der Waals surface area contributed by atoms with Gasteiger partial charge in [0.1, 0.15) is 0 Å². The van der Waals surface area contributed by atoms with Crippen molar-refractivity contribution in [1.82, 2.24) is 9.13 Å². The summed E-state index contributed by atoms with van der Waals surface area (Å²) < 4.78 is 4.31. The molecule has 0 spiro atoms. The van der Waals surface area contributed by atoms with Gasteiger partial charge in [0.2, 0.25) is 0 Å². The number of hydrogen-bond donors (Lipinski definition) is 0. The van der Waals surface area contributed by atoms with Crippen molar-refractivity contribution in [2.24, 2.45) is 0 Å². The molecule has 62 heavy (non-hydrogen) atoms. The lowest BCUT2D eigenvalue weighted by Crippen LogP contribution is -2.05. The van der Waals surface area contributed by atoms with E-state index in [-0.39, 0.29) is 0 Å². The molecule has 0 amide bonds. The number of fused-ring (bicyclic) bond motifs is 6. The highest BCUT2D eigenvalue weighted by Gasteiger charge is 2.24. The van der Waals surface area contributed by atoms with Gasteiger partial charge < -0.3 is 9.13 Å². The van der Waals surface area contributed by atoms with Crippen LogP contribution in [-0.4, -0.2) is 9.13 Å². The van der Waals surface area contributed by atoms with Gasteiger partial charge in [-0.3, -0.25) is 0 Å². The third kappa shape index (κ3) is 5.87. The van der Waals surface area contributed by atoms with E-state index < -0.39 is 0 Å². The number of nitrogens with zero attached hydrogens (tertiary/aromatic N) is 8. The zero-order valence-electron chi connectivity index (χ0n) is 32.6. The molecule has 0 fully saturated rings. The summed E-state index contributed by atoms with van der Waals surface area (Å²) in [7, 11) is 0. The van der Waals surface area contributed by atoms with Crippen molar-refractivity contribution in [3.05, 3.63) is 191 Å². The molecule has 2 heterocycles. The van der Waals surface area contributed by atoms with Crippen molar-refractivity contribution in [2.75, 3.05) is 0 Å². The lowest BCUT2D eigenvalue weighted by molar-refractivity contribution is 1.13. The van der Waals surface area contributed by atoms with E-state index in [2.05, 4.69) is 69.8 Å². The molecule has 282 valence electrons. The number of hydrogen-bond acceptors (Lipinski definition) is 6. The third-order valence-electron chi connectivity index (χ3n) is 11.4. The predicted octanol–water partition coefficient (Wildman–Crippen LogP) is 12.1. The van der Waals surface area contributed by atoms with Crippen LogP contribution in [0.2, 0.25) is 0 Å². The smallest absolute Gasteiger partial charge is 0.0993 e. The standard InChI is InChI=1S/C54H26N8/c55-27-33-6-5-7-41(18-33)54-52(61-48-10-3-1-8-44(48)46-14-12-39(25-50(46)61)42-19-34(28-56)16-35(20-42)29-57)23-38(32-60)24-53(54)62-49-11-4-2-9-45(49)47-15-13-40(26-51(47)62)43-21-36(30-58)17-37(22-43)31-59/h1-26H. The van der Waals surface area contributed by atoms with Gasteiger partial charge in [-0.2, -0.15) is 31.6 Å². The topological polar surface area (TPSA) is 153 Å². The quantitative estimate of drug-likeness (QED) is 0.169. The molecule has 10 aromatic rings. The zero-order chi connectivity index (χ0) is 42.5. The van der Waals surface area contributed by atoms with Crippen molar-refractivity contribution < 1.29 is 0 Å². The number of nitriles is 6. The van der Waals surface area contributed by atoms with Crippen molar-refractivity contribution >= 4 is 43.6 Å². The second kappa shape index (κ2) is 14.6. The molecule has 0 unspecified atom stereocenters. The van der Waals surface area contributed by atoms with Crippen molar-refractivity contribution in [2.45, 2.75) is 0 Å². The summed E-state index contributed by atoms with van der Waals surface area (Å²) in [6.45, 7) is 0. The van der Waals surface area contributed by atoms with Crippen LogP contribution in [0.4, 0.5) is 0 Å². The molecule has 0 aliphatic heterocycles. The van der Waals surface area contributed by atoms with E-state index in [1.54, 1.807) is 42.5 Å². The molecule has 0 N–H and O–H groups in total. The van der Waals surface area contributed by atoms with E-state index in [9.17, 15) is 31.6 Å². The minimum Gasteiger partial charge on any atom is -0.308 e. The summed E-state index contributed by atoms with van der Waals surface area (Å²) in [6, 6.07) is 63.3. The van der Waals surface area contributed by atoms with E-state index in [0.717, 1.165) is 77.0 Å². The first-order chi connectivity index (χ1) is 30.4. The van der Waals surface area contributed by atoms with Gasteiger partial charge in [-0.15, -0.1) is 0 Å². The Morgan fingerprint density at radius 3 is 1.10 bits per heavy atom. The van der Waals surface area contributed by atoms with E-state index >= 15 is 0 Å². The van der Waals surface area contributed by atoms with Crippen molar-refractivity contribution in [3.8, 4) is 81.2 Å². The Kier molecular flexibility index (Phi) is 8.62. The van der Waals surface area contributed by atoms with Crippen LogP contribution in [0.15, 0.2) is 158 Å². The monoisotopic (exact) mass is 786 g/mol. The Morgan fingerprint density at radius 2 is 0.661 bits per heavy atom. The SMILES string of the molecule is N#Cc1cc(C#N)cc(-c2ccc3c4ccccc4n(-c4cc(C#N)cc(-n5c6ccccc6c6ccc(-c7cc(C#N)cc(C#N)c7)cc65)c4-c4cccc(C#N)c4)c3c2)c1. The molecule has 0 saturated heterocycles. The van der Waals surface area contributed by atoms with Crippen LogP contribution in [0.25, 0.3) is 88.4 Å². The molecule has 8 aromatic carbocycles. The summed E-state index contributed by atoms with van der Waals surface area (Å²) >= 11 is 0. The number of para-hydroxylation sites is 2. The maximum atomic E-state index is 10.8. The Morgan fingerprint density at radius 1 is 0.274 bits per heavy atom. The van der Waals surface area contributed by atoms with Gasteiger partial charge in [0.25, 0.3) is 0 Å². The molecule has 0 aliphatic rings. The lowest BCUT2D eigenvalue weighted by atomic mass is 9.96. The number of aromatic nitrogens is 2. The molecular formula is C54H26N8. The molecule has 0 atom stereocenters. The van der Waals surface area contributed by atoms with Crippen LogP contribution in [0.3, 0.4) is 0 Å². The van der Waals surface area contributed by atoms with Crippen LogP contribution in [0.5, 0.6) is 0 Å². The Labute approximate surface area is 355 Å². The Hall–Kier alpha value is -9.70. The van der Waals surface area contributed by atoms with Crippen molar-refractivity contribution in [3.63, 3.8) is 0 Å². The first-order valence-electron chi connectivity index (χ1n) is 19.5. The van der Waals surface area contributed by atoms with Gasteiger partial charge in [0.05, 0.1) is 103 Å². The molecule has 0 saturated carbocycles. The van der Waals surface area contributed by atoms with Crippen LogP contribution >= 0.6 is 0 Å². The molecule has 0 bridgehead atoms. The molecule has 2 aromatic heterocycles. The largest absolute Gasteiger partial charge is 0.308 e. The first-order valence-corrected chi connectivity index (χ1v) is 19.5. The van der Waals surface area contributed by atoms with Crippen LogP contribution in [0.1, 0.15) is 33.4 Å². The van der Waals surface area contributed by atoms with Crippen LogP contribution < -0.4 is 0 Å². The highest BCUT2D eigenvalue weighted by Crippen LogP contribution is 2.44. The predicted molar refractivity (Wildman–Crippen MR) is 240 cm³/mol. The van der Waals surface area contributed by atoms with Crippen LogP contribution in [-0.2, 0) is 0 Å². The number of benzene rings is 8. The second-order valence-electron chi connectivity index (χ2n) is 14.9. The van der Waals surface area contributed by atoms with Crippen molar-refractivity contribution in [1.29, 1.82) is 31.6 Å². The highest BCUT2D eigenvalue weighted by atomic mass is 15.0. The summed E-state index contributed by atoms with van der Waals surface area (Å²) in [5.41, 5.74) is 11.8. The molecule has 10 rings (SSSR count). The first kappa shape index (κ1) is 36.6. The zero-order valence-corrected chi connectivity index (χ0v) is 32.6. The maximum Gasteiger partial charge on any atom is 0.0993 e. The summed E-state index contributed by atoms with van der Waals surface area (Å²) in [4.78, 5) is 0. The molecule has 8 nitrogen and oxygen atoms in total. The summed E-state index contributed by atoms with van der Waals surface area (Å²) in [6.07, 6.45) is 0. The average molecular weight is 787 g/mol. The van der Waals surface area contributed by atoms with Gasteiger partial charge in [0.15, 0.2) is 0 Å². The van der Waals surface area contributed by atoms with E-state index in [1.807, 2.05) is 91.0 Å². The fraction of sp³-hybridized carbons (Fsp3) is 0. The molecule has 0 radical (unpaired) electrons. The molecular weight excluding hydrogens is 761 g/mol. The van der Waals surface area contributed by atoms with Crippen LogP contribution in [0, 0.1) is 68.0 Å². The van der Waals surface area contributed by atoms with E-state index in [1.165, 1.54) is 0 Å². The Bertz CT molecular complexity index is 3560. The summed E-state index contributed by atoms with van der Waals surface area (Å²) in [5, 5.41) is 64.3. The maximum absolute atomic E-state index is 10.8. The van der Waals surface area contributed by atoms with E-state index in [4.69, 9.17) is 0 Å². The van der Waals surface area contributed by atoms with Gasteiger partial charge in [-0.1, -0.05) is 72.8 Å². The minimum atomic E-state index is 0.378. The molecule has 8 heteroatoms. The normalized spacial score (nSPS) is 10.8. The minimum absolute atomic E-state index is 0.378. The average Bonchev–Trinajstić information content (AvgIpc) is 3.85. The van der Waals surface area contributed by atoms with Gasteiger partial charge in [0, 0.05) is 27.1 Å². The lowest BCUT2D eigenvalue weighted by Gasteiger charge is -2.21. The Balaban J connectivity index is 1.35. The summed E-state index contributed by atoms with van der Waals surface area (Å²) in [5.74, 6) is 0. The third-order valence-corrected chi connectivity index (χ3v) is 11.4. The molecule has 0 aliphatic carbocycles. The fourth-order valence-corrected chi connectivity index (χ4v) is 8.74. The fourth-order valence-electron chi connectivity index (χ4n) is 8.74. The van der Waals surface area contributed by atoms with Gasteiger partial charge >= 0.3 is 0 Å². The number of rotatable bonds is 5. The highest BCUT2D eigenvalue weighted by molar-refractivity contribution is 6.13. The second-order valence-corrected chi connectivity index (χ2v) is 14.9. The van der Waals surface area contributed by atoms with Gasteiger partial charge in [-0.05, 0) is 113 Å².